The number of hydrogen-bond acceptors (Lipinski definition) is 3. The van der Waals surface area contributed by atoms with Gasteiger partial charge < -0.3 is 5.32 Å². The van der Waals surface area contributed by atoms with Gasteiger partial charge in [0.05, 0.1) is 23.0 Å². The molecule has 1 amide bonds. The van der Waals surface area contributed by atoms with Gasteiger partial charge in [0.25, 0.3) is 0 Å². The van der Waals surface area contributed by atoms with Crippen LogP contribution >= 0.6 is 23.2 Å². The molecule has 8 heteroatoms. The van der Waals surface area contributed by atoms with E-state index in [1.807, 2.05) is 33.8 Å². The normalized spacial score (nSPS) is 13.7. The number of hydrogen-bond donors (Lipinski definition) is 1. The van der Waals surface area contributed by atoms with Crippen LogP contribution in [0.15, 0.2) is 30.3 Å². The molecule has 2 rings (SSSR count). The Balaban J connectivity index is 2.35. The molecule has 0 aliphatic heterocycles. The smallest absolute Gasteiger partial charge is 0.244 e. The van der Waals surface area contributed by atoms with E-state index in [2.05, 4.69) is 11.4 Å². The van der Waals surface area contributed by atoms with E-state index in [0.717, 1.165) is 27.3 Å². The van der Waals surface area contributed by atoms with Crippen molar-refractivity contribution < 1.29 is 13.2 Å². The topological polar surface area (TPSA) is 66.5 Å². The number of halogens is 2. The number of anilines is 1. The largest absolute Gasteiger partial charge is 0.348 e. The van der Waals surface area contributed by atoms with E-state index in [9.17, 15) is 13.2 Å². The molecule has 2 aromatic rings. The Morgan fingerprint density at radius 2 is 1.59 bits per heavy atom. The van der Waals surface area contributed by atoms with Crippen molar-refractivity contribution in [3.8, 4) is 0 Å². The molecular formula is C21H26Cl2N2O3S. The molecule has 158 valence electrons. The summed E-state index contributed by atoms with van der Waals surface area (Å²) in [6.07, 6.45) is 1.03. The fourth-order valence-electron chi connectivity index (χ4n) is 3.30. The molecule has 0 aliphatic rings. The molecule has 0 aliphatic carbocycles. The first-order valence-corrected chi connectivity index (χ1v) is 11.8. The molecule has 5 nitrogen and oxygen atoms in total. The third-order valence-corrected chi connectivity index (χ3v) is 6.72. The minimum atomic E-state index is -3.79. The van der Waals surface area contributed by atoms with Crippen LogP contribution in [0.4, 0.5) is 5.69 Å². The van der Waals surface area contributed by atoms with Crippen LogP contribution in [-0.4, -0.2) is 26.6 Å². The van der Waals surface area contributed by atoms with Crippen LogP contribution < -0.4 is 9.62 Å². The van der Waals surface area contributed by atoms with Gasteiger partial charge in [-0.25, -0.2) is 8.42 Å². The van der Waals surface area contributed by atoms with Crippen molar-refractivity contribution in [1.82, 2.24) is 5.32 Å². The minimum absolute atomic E-state index is 0.166. The summed E-state index contributed by atoms with van der Waals surface area (Å²) in [6.45, 7) is 9.44. The highest BCUT2D eigenvalue weighted by atomic mass is 35.5. The molecule has 0 saturated carbocycles. The highest BCUT2D eigenvalue weighted by Crippen LogP contribution is 2.32. The molecule has 2 aromatic carbocycles. The molecular weight excluding hydrogens is 431 g/mol. The fourth-order valence-corrected chi connectivity index (χ4v) is 4.90. The fraction of sp³-hybridized carbons (Fsp3) is 0.381. The Morgan fingerprint density at radius 3 is 2.17 bits per heavy atom. The molecule has 0 unspecified atom stereocenters. The second-order valence-electron chi connectivity index (χ2n) is 7.35. The maximum Gasteiger partial charge on any atom is 0.244 e. The van der Waals surface area contributed by atoms with Crippen LogP contribution in [0, 0.1) is 20.8 Å². The number of nitrogens with zero attached hydrogens (tertiary/aromatic N) is 1. The van der Waals surface area contributed by atoms with Gasteiger partial charge in [0, 0.05) is 5.02 Å². The minimum Gasteiger partial charge on any atom is -0.348 e. The van der Waals surface area contributed by atoms with Gasteiger partial charge in [-0.15, -0.1) is 0 Å². The summed E-state index contributed by atoms with van der Waals surface area (Å²) in [5.74, 6) is -0.434. The van der Waals surface area contributed by atoms with E-state index < -0.39 is 22.0 Å². The van der Waals surface area contributed by atoms with E-state index in [1.165, 1.54) is 24.6 Å². The van der Waals surface area contributed by atoms with Crippen molar-refractivity contribution in [2.45, 2.75) is 46.7 Å². The SMILES string of the molecule is Cc1cc(C)c([C@@H](C)NC(=O)[C@H](C)N(c2cc(Cl)ccc2Cl)S(C)(=O)=O)cc1C. The first-order chi connectivity index (χ1) is 13.3. The molecule has 29 heavy (non-hydrogen) atoms. The van der Waals surface area contributed by atoms with Gasteiger partial charge in [0.15, 0.2) is 0 Å². The lowest BCUT2D eigenvalue weighted by Crippen LogP contribution is -2.48. The summed E-state index contributed by atoms with van der Waals surface area (Å²) >= 11 is 12.2. The second kappa shape index (κ2) is 8.94. The number of carbonyl (C=O) groups is 1. The molecule has 0 bridgehead atoms. The van der Waals surface area contributed by atoms with Gasteiger partial charge in [0.1, 0.15) is 6.04 Å². The standard InChI is InChI=1S/C21H26Cl2N2O3S/c1-12-9-14(3)18(10-13(12)2)15(4)24-21(26)16(5)25(29(6,27)28)20-11-17(22)7-8-19(20)23/h7-11,15-16H,1-6H3,(H,24,26)/t15-,16+/m1/s1. The number of nitrogens with one attached hydrogen (secondary N) is 1. The summed E-state index contributed by atoms with van der Waals surface area (Å²) in [5, 5.41) is 3.43. The van der Waals surface area contributed by atoms with Crippen molar-refractivity contribution in [2.75, 3.05) is 10.6 Å². The third kappa shape index (κ3) is 5.44. The van der Waals surface area contributed by atoms with Crippen molar-refractivity contribution in [3.05, 3.63) is 62.6 Å². The van der Waals surface area contributed by atoms with Gasteiger partial charge in [0.2, 0.25) is 15.9 Å². The second-order valence-corrected chi connectivity index (χ2v) is 10.1. The number of aryl methyl sites for hydroxylation is 3. The monoisotopic (exact) mass is 456 g/mol. The predicted molar refractivity (Wildman–Crippen MR) is 120 cm³/mol. The molecule has 0 aromatic heterocycles. The predicted octanol–water partition coefficient (Wildman–Crippen LogP) is 4.95. The lowest BCUT2D eigenvalue weighted by Gasteiger charge is -2.30. The van der Waals surface area contributed by atoms with E-state index in [4.69, 9.17) is 23.2 Å². The number of sulfonamides is 1. The average Bonchev–Trinajstić information content (AvgIpc) is 2.59. The summed E-state index contributed by atoms with van der Waals surface area (Å²) in [5.41, 5.74) is 4.52. The van der Waals surface area contributed by atoms with Crippen LogP contribution in [0.5, 0.6) is 0 Å². The van der Waals surface area contributed by atoms with Crippen LogP contribution in [0.2, 0.25) is 10.0 Å². The molecule has 0 radical (unpaired) electrons. The summed E-state index contributed by atoms with van der Waals surface area (Å²) < 4.78 is 26.0. The number of amides is 1. The lowest BCUT2D eigenvalue weighted by molar-refractivity contribution is -0.122. The number of benzene rings is 2. The number of carbonyl (C=O) groups excluding carboxylic acids is 1. The van der Waals surface area contributed by atoms with E-state index in [0.29, 0.717) is 5.02 Å². The molecule has 2 atom stereocenters. The quantitative estimate of drug-likeness (QED) is 0.668. The van der Waals surface area contributed by atoms with Gasteiger partial charge in [-0.05, 0) is 75.1 Å². The van der Waals surface area contributed by atoms with Crippen LogP contribution in [0.25, 0.3) is 0 Å². The van der Waals surface area contributed by atoms with E-state index >= 15 is 0 Å². The summed E-state index contributed by atoms with van der Waals surface area (Å²) in [7, 11) is -3.79. The first-order valence-electron chi connectivity index (χ1n) is 9.15. The molecule has 0 spiro atoms. The van der Waals surface area contributed by atoms with Crippen LogP contribution in [0.1, 0.15) is 42.1 Å². The zero-order valence-corrected chi connectivity index (χ0v) is 19.7. The third-order valence-electron chi connectivity index (χ3n) is 4.94. The van der Waals surface area contributed by atoms with Gasteiger partial charge >= 0.3 is 0 Å². The Morgan fingerprint density at radius 1 is 1.00 bits per heavy atom. The van der Waals surface area contributed by atoms with Crippen LogP contribution in [0.3, 0.4) is 0 Å². The van der Waals surface area contributed by atoms with Gasteiger partial charge in [-0.1, -0.05) is 35.3 Å². The highest BCUT2D eigenvalue weighted by molar-refractivity contribution is 7.92. The Bertz CT molecular complexity index is 1040. The molecule has 0 fully saturated rings. The number of rotatable bonds is 6. The lowest BCUT2D eigenvalue weighted by atomic mass is 9.96. The zero-order valence-electron chi connectivity index (χ0n) is 17.4. The zero-order chi connectivity index (χ0) is 22.1. The van der Waals surface area contributed by atoms with Crippen molar-refractivity contribution in [1.29, 1.82) is 0 Å². The Labute approximate surface area is 183 Å². The van der Waals surface area contributed by atoms with Gasteiger partial charge in [-0.3, -0.25) is 9.10 Å². The Hall–Kier alpha value is -1.76. The van der Waals surface area contributed by atoms with Gasteiger partial charge in [-0.2, -0.15) is 0 Å². The van der Waals surface area contributed by atoms with Crippen molar-refractivity contribution in [2.24, 2.45) is 0 Å². The highest BCUT2D eigenvalue weighted by Gasteiger charge is 2.31. The summed E-state index contributed by atoms with van der Waals surface area (Å²) in [6, 6.07) is 7.31. The first kappa shape index (κ1) is 23.5. The maximum absolute atomic E-state index is 13.0. The molecule has 0 saturated heterocycles. The Kier molecular flexibility index (Phi) is 7.25. The molecule has 0 heterocycles. The maximum atomic E-state index is 13.0. The van der Waals surface area contributed by atoms with Crippen molar-refractivity contribution >= 4 is 44.8 Å². The summed E-state index contributed by atoms with van der Waals surface area (Å²) in [4.78, 5) is 13.0. The van der Waals surface area contributed by atoms with Crippen molar-refractivity contribution in [3.63, 3.8) is 0 Å². The average molecular weight is 457 g/mol. The van der Waals surface area contributed by atoms with E-state index in [-0.39, 0.29) is 16.8 Å². The van der Waals surface area contributed by atoms with Crippen LogP contribution in [-0.2, 0) is 14.8 Å². The molecule has 1 N–H and O–H groups in total. The van der Waals surface area contributed by atoms with E-state index in [1.54, 1.807) is 6.07 Å².